The molecule has 0 bridgehead atoms. The lowest BCUT2D eigenvalue weighted by Gasteiger charge is -2.33. The molecular formula is C14H19ClN2O3. The second kappa shape index (κ2) is 5.97. The molecular weight excluding hydrogens is 280 g/mol. The highest BCUT2D eigenvalue weighted by molar-refractivity contribution is 6.33. The molecule has 0 saturated carbocycles. The third-order valence-electron chi connectivity index (χ3n) is 3.53. The summed E-state index contributed by atoms with van der Waals surface area (Å²) in [5.74, 6) is 0. The van der Waals surface area contributed by atoms with E-state index in [1.165, 1.54) is 6.07 Å². The van der Waals surface area contributed by atoms with Crippen LogP contribution >= 0.6 is 11.6 Å². The maximum absolute atomic E-state index is 10.8. The topological polar surface area (TPSA) is 64.4 Å². The van der Waals surface area contributed by atoms with Crippen molar-refractivity contribution in [1.29, 1.82) is 0 Å². The van der Waals surface area contributed by atoms with Gasteiger partial charge in [-0.15, -0.1) is 0 Å². The monoisotopic (exact) mass is 298 g/mol. The number of rotatable bonds is 3. The highest BCUT2D eigenvalue weighted by Gasteiger charge is 2.25. The van der Waals surface area contributed by atoms with Crippen LogP contribution in [-0.4, -0.2) is 23.2 Å². The molecule has 6 heteroatoms. The van der Waals surface area contributed by atoms with Gasteiger partial charge in [-0.1, -0.05) is 11.6 Å². The van der Waals surface area contributed by atoms with Crippen LogP contribution in [0.25, 0.3) is 0 Å². The van der Waals surface area contributed by atoms with E-state index in [0.29, 0.717) is 5.02 Å². The molecule has 110 valence electrons. The number of nitro benzene ring substituents is 1. The number of non-ortho nitro benzene ring substituents is 1. The third kappa shape index (κ3) is 3.41. The van der Waals surface area contributed by atoms with Gasteiger partial charge in [-0.25, -0.2) is 0 Å². The number of aryl methyl sites for hydroxylation is 1. The Balaban J connectivity index is 2.19. The first-order valence-electron chi connectivity index (χ1n) is 6.73. The summed E-state index contributed by atoms with van der Waals surface area (Å²) >= 11 is 6.17. The Morgan fingerprint density at radius 2 is 1.95 bits per heavy atom. The van der Waals surface area contributed by atoms with Crippen LogP contribution in [0, 0.1) is 17.0 Å². The number of nitrogens with zero attached hydrogens (tertiary/aromatic N) is 1. The van der Waals surface area contributed by atoms with Crippen LogP contribution in [0.1, 0.15) is 32.3 Å². The van der Waals surface area contributed by atoms with E-state index in [0.717, 1.165) is 24.1 Å². The molecule has 1 fully saturated rings. The average molecular weight is 299 g/mol. The van der Waals surface area contributed by atoms with E-state index in [4.69, 9.17) is 16.3 Å². The molecule has 1 aliphatic rings. The Bertz CT molecular complexity index is 488. The van der Waals surface area contributed by atoms with Crippen LogP contribution in [0.5, 0.6) is 0 Å². The minimum absolute atomic E-state index is 0.0202. The van der Waals surface area contributed by atoms with Gasteiger partial charge < -0.3 is 10.1 Å². The fourth-order valence-corrected chi connectivity index (χ4v) is 3.06. The SMILES string of the molecule is Cc1cc([N+](=O)[O-])cc(Cl)c1NC1CC(C)OC(C)C1. The zero-order chi connectivity index (χ0) is 14.9. The summed E-state index contributed by atoms with van der Waals surface area (Å²) < 4.78 is 5.70. The molecule has 2 unspecified atom stereocenters. The van der Waals surface area contributed by atoms with Crippen LogP contribution in [-0.2, 0) is 4.74 Å². The molecule has 2 rings (SSSR count). The number of ether oxygens (including phenoxy) is 1. The van der Waals surface area contributed by atoms with Gasteiger partial charge in [0.1, 0.15) is 0 Å². The summed E-state index contributed by atoms with van der Waals surface area (Å²) in [4.78, 5) is 10.4. The summed E-state index contributed by atoms with van der Waals surface area (Å²) in [6.07, 6.45) is 2.20. The number of nitro groups is 1. The molecule has 2 atom stereocenters. The van der Waals surface area contributed by atoms with Crippen molar-refractivity contribution in [3.63, 3.8) is 0 Å². The lowest BCUT2D eigenvalue weighted by Crippen LogP contribution is -2.37. The Morgan fingerprint density at radius 3 is 2.45 bits per heavy atom. The molecule has 0 spiro atoms. The molecule has 0 radical (unpaired) electrons. The number of hydrogen-bond donors (Lipinski definition) is 1. The van der Waals surface area contributed by atoms with Gasteiger partial charge in [0.2, 0.25) is 0 Å². The minimum Gasteiger partial charge on any atom is -0.381 e. The molecule has 0 aromatic heterocycles. The molecule has 1 N–H and O–H groups in total. The smallest absolute Gasteiger partial charge is 0.271 e. The highest BCUT2D eigenvalue weighted by Crippen LogP contribution is 2.33. The summed E-state index contributed by atoms with van der Waals surface area (Å²) in [6.45, 7) is 5.93. The van der Waals surface area contributed by atoms with Crippen LogP contribution in [0.3, 0.4) is 0 Å². The predicted octanol–water partition coefficient (Wildman–Crippen LogP) is 3.92. The number of hydrogen-bond acceptors (Lipinski definition) is 4. The van der Waals surface area contributed by atoms with Crippen LogP contribution in [0.15, 0.2) is 12.1 Å². The highest BCUT2D eigenvalue weighted by atomic mass is 35.5. The van der Waals surface area contributed by atoms with E-state index in [2.05, 4.69) is 19.2 Å². The number of benzene rings is 1. The first kappa shape index (κ1) is 15.1. The Morgan fingerprint density at radius 1 is 1.35 bits per heavy atom. The van der Waals surface area contributed by atoms with Gasteiger partial charge in [0.05, 0.1) is 27.8 Å². The second-order valence-corrected chi connectivity index (χ2v) is 5.85. The maximum Gasteiger partial charge on any atom is 0.271 e. The van der Waals surface area contributed by atoms with Crippen molar-refractivity contribution in [2.45, 2.75) is 51.9 Å². The zero-order valence-corrected chi connectivity index (χ0v) is 12.6. The number of anilines is 1. The Labute approximate surface area is 123 Å². The molecule has 1 aromatic carbocycles. The standard InChI is InChI=1S/C14H19ClN2O3/c1-8-4-12(17(18)19)7-13(15)14(8)16-11-5-9(2)20-10(3)6-11/h4,7,9-11,16H,5-6H2,1-3H3. The summed E-state index contributed by atoms with van der Waals surface area (Å²) in [7, 11) is 0. The van der Waals surface area contributed by atoms with Gasteiger partial charge in [0, 0.05) is 18.2 Å². The van der Waals surface area contributed by atoms with Crippen molar-refractivity contribution < 1.29 is 9.66 Å². The van der Waals surface area contributed by atoms with E-state index in [1.807, 2.05) is 6.92 Å². The van der Waals surface area contributed by atoms with Gasteiger partial charge in [-0.05, 0) is 39.2 Å². The number of nitrogens with one attached hydrogen (secondary N) is 1. The normalized spacial score (nSPS) is 26.3. The molecule has 1 heterocycles. The van der Waals surface area contributed by atoms with Gasteiger partial charge >= 0.3 is 0 Å². The quantitative estimate of drug-likeness (QED) is 0.678. The van der Waals surface area contributed by atoms with Crippen molar-refractivity contribution >= 4 is 23.0 Å². The predicted molar refractivity (Wildman–Crippen MR) is 79.5 cm³/mol. The van der Waals surface area contributed by atoms with Crippen LogP contribution < -0.4 is 5.32 Å². The molecule has 1 saturated heterocycles. The second-order valence-electron chi connectivity index (χ2n) is 5.45. The Hall–Kier alpha value is -1.33. The van der Waals surface area contributed by atoms with E-state index >= 15 is 0 Å². The third-order valence-corrected chi connectivity index (χ3v) is 3.83. The fourth-order valence-electron chi connectivity index (χ4n) is 2.74. The first-order valence-corrected chi connectivity index (χ1v) is 7.11. The maximum atomic E-state index is 10.8. The molecule has 5 nitrogen and oxygen atoms in total. The van der Waals surface area contributed by atoms with Gasteiger partial charge in [-0.2, -0.15) is 0 Å². The lowest BCUT2D eigenvalue weighted by molar-refractivity contribution is -0.384. The van der Waals surface area contributed by atoms with E-state index < -0.39 is 4.92 Å². The zero-order valence-electron chi connectivity index (χ0n) is 11.9. The van der Waals surface area contributed by atoms with Gasteiger partial charge in [0.25, 0.3) is 5.69 Å². The van der Waals surface area contributed by atoms with E-state index in [1.54, 1.807) is 6.07 Å². The van der Waals surface area contributed by atoms with Gasteiger partial charge in [-0.3, -0.25) is 10.1 Å². The first-order chi connectivity index (χ1) is 9.36. The van der Waals surface area contributed by atoms with Crippen molar-refractivity contribution in [2.24, 2.45) is 0 Å². The fraction of sp³-hybridized carbons (Fsp3) is 0.571. The molecule has 1 aromatic rings. The minimum atomic E-state index is -0.429. The average Bonchev–Trinajstić information content (AvgIpc) is 2.32. The van der Waals surface area contributed by atoms with Crippen molar-refractivity contribution in [3.8, 4) is 0 Å². The summed E-state index contributed by atoms with van der Waals surface area (Å²) in [6, 6.07) is 3.20. The largest absolute Gasteiger partial charge is 0.381 e. The van der Waals surface area contributed by atoms with Gasteiger partial charge in [0.15, 0.2) is 0 Å². The van der Waals surface area contributed by atoms with Crippen molar-refractivity contribution in [2.75, 3.05) is 5.32 Å². The summed E-state index contributed by atoms with van der Waals surface area (Å²) in [5.41, 5.74) is 1.59. The molecule has 20 heavy (non-hydrogen) atoms. The van der Waals surface area contributed by atoms with Crippen molar-refractivity contribution in [1.82, 2.24) is 0 Å². The molecule has 0 amide bonds. The number of halogens is 1. The van der Waals surface area contributed by atoms with Crippen LogP contribution in [0.4, 0.5) is 11.4 Å². The summed E-state index contributed by atoms with van der Waals surface area (Å²) in [5, 5.41) is 14.6. The molecule has 1 aliphatic heterocycles. The van der Waals surface area contributed by atoms with E-state index in [-0.39, 0.29) is 23.9 Å². The van der Waals surface area contributed by atoms with Crippen LogP contribution in [0.2, 0.25) is 5.02 Å². The van der Waals surface area contributed by atoms with Crippen molar-refractivity contribution in [3.05, 3.63) is 32.8 Å². The lowest BCUT2D eigenvalue weighted by atomic mass is 9.99. The Kier molecular flexibility index (Phi) is 4.50. The van der Waals surface area contributed by atoms with E-state index in [9.17, 15) is 10.1 Å². The molecule has 0 aliphatic carbocycles.